The van der Waals surface area contributed by atoms with Gasteiger partial charge in [0.15, 0.2) is 0 Å². The van der Waals surface area contributed by atoms with Crippen molar-refractivity contribution in [2.75, 3.05) is 44.2 Å². The predicted molar refractivity (Wildman–Crippen MR) is 131 cm³/mol. The fourth-order valence-electron chi connectivity index (χ4n) is 4.52. The number of rotatable bonds is 5. The maximum Gasteiger partial charge on any atom is 0.255 e. The molecule has 0 saturated carbocycles. The van der Waals surface area contributed by atoms with Crippen LogP contribution in [0.5, 0.6) is 0 Å². The topological polar surface area (TPSA) is 78.6 Å². The fourth-order valence-corrected chi connectivity index (χ4v) is 4.64. The zero-order valence-electron chi connectivity index (χ0n) is 19.2. The van der Waals surface area contributed by atoms with Gasteiger partial charge < -0.3 is 14.3 Å². The lowest BCUT2D eigenvalue weighted by Gasteiger charge is -2.34. The number of carbonyl (C=O) groups excluding carboxylic acids is 1. The maximum atomic E-state index is 13.0. The van der Waals surface area contributed by atoms with E-state index in [0.717, 1.165) is 37.6 Å². The number of pyridine rings is 1. The van der Waals surface area contributed by atoms with E-state index in [1.54, 1.807) is 18.3 Å². The number of nitrogens with zero attached hydrogens (tertiary/aromatic N) is 6. The minimum absolute atomic E-state index is 0.0392. The lowest BCUT2D eigenvalue weighted by molar-refractivity contribution is 0.0614. The fraction of sp³-hybridized carbons (Fsp3) is 0.440. The summed E-state index contributed by atoms with van der Waals surface area (Å²) < 4.78 is 5.44. The molecular weight excluding hydrogens is 452 g/mol. The van der Waals surface area contributed by atoms with Crippen molar-refractivity contribution in [2.24, 2.45) is 0 Å². The second kappa shape index (κ2) is 10.5. The summed E-state index contributed by atoms with van der Waals surface area (Å²) in [6, 6.07) is 11.3. The van der Waals surface area contributed by atoms with Gasteiger partial charge in [-0.15, -0.1) is 0 Å². The molecule has 0 N–H and O–H groups in total. The highest BCUT2D eigenvalue weighted by Crippen LogP contribution is 2.20. The van der Waals surface area contributed by atoms with Crippen LogP contribution in [0.4, 0.5) is 5.82 Å². The van der Waals surface area contributed by atoms with Crippen LogP contribution < -0.4 is 4.90 Å². The molecule has 0 aliphatic carbocycles. The number of piperazine rings is 1. The number of hydrogen-bond acceptors (Lipinski definition) is 7. The second-order valence-electron chi connectivity index (χ2n) is 8.89. The van der Waals surface area contributed by atoms with Crippen molar-refractivity contribution < 1.29 is 9.32 Å². The van der Waals surface area contributed by atoms with Gasteiger partial charge in [-0.2, -0.15) is 4.98 Å². The molecular formula is C25H29ClN6O2. The third-order valence-electron chi connectivity index (χ3n) is 6.51. The summed E-state index contributed by atoms with van der Waals surface area (Å²) in [5.41, 5.74) is 1.52. The molecule has 2 saturated heterocycles. The number of carbonyl (C=O) groups is 1. The molecule has 2 fully saturated rings. The number of benzene rings is 1. The van der Waals surface area contributed by atoms with E-state index in [9.17, 15) is 4.79 Å². The Kier molecular flexibility index (Phi) is 7.06. The summed E-state index contributed by atoms with van der Waals surface area (Å²) in [6.07, 6.45) is 6.72. The predicted octanol–water partition coefficient (Wildman–Crippen LogP) is 4.12. The largest absolute Gasteiger partial charge is 0.357 e. The first-order chi connectivity index (χ1) is 16.7. The van der Waals surface area contributed by atoms with Crippen molar-refractivity contribution in [3.63, 3.8) is 0 Å². The minimum Gasteiger partial charge on any atom is -0.357 e. The van der Waals surface area contributed by atoms with Gasteiger partial charge in [0.1, 0.15) is 5.82 Å². The molecule has 0 spiro atoms. The quantitative estimate of drug-likeness (QED) is 0.543. The van der Waals surface area contributed by atoms with Crippen molar-refractivity contribution in [3.05, 3.63) is 59.1 Å². The van der Waals surface area contributed by atoms with Crippen LogP contribution in [0.2, 0.25) is 5.02 Å². The van der Waals surface area contributed by atoms with E-state index in [2.05, 4.69) is 24.9 Å². The van der Waals surface area contributed by atoms with Crippen LogP contribution in [0.25, 0.3) is 11.4 Å². The smallest absolute Gasteiger partial charge is 0.255 e. The second-order valence-corrected chi connectivity index (χ2v) is 9.33. The maximum absolute atomic E-state index is 13.0. The van der Waals surface area contributed by atoms with Crippen LogP contribution in [0.3, 0.4) is 0 Å². The minimum atomic E-state index is 0.0392. The molecule has 1 amide bonds. The Morgan fingerprint density at radius 3 is 2.32 bits per heavy atom. The van der Waals surface area contributed by atoms with Gasteiger partial charge in [0.2, 0.25) is 11.7 Å². The molecule has 178 valence electrons. The van der Waals surface area contributed by atoms with Gasteiger partial charge in [-0.1, -0.05) is 29.6 Å². The number of halogens is 1. The van der Waals surface area contributed by atoms with Crippen molar-refractivity contribution >= 4 is 23.3 Å². The third-order valence-corrected chi connectivity index (χ3v) is 6.77. The summed E-state index contributed by atoms with van der Waals surface area (Å²) in [4.78, 5) is 28.5. The monoisotopic (exact) mass is 480 g/mol. The lowest BCUT2D eigenvalue weighted by Crippen LogP contribution is -2.48. The van der Waals surface area contributed by atoms with Crippen molar-refractivity contribution in [1.82, 2.24) is 24.9 Å². The average molecular weight is 481 g/mol. The van der Waals surface area contributed by atoms with Crippen LogP contribution in [-0.4, -0.2) is 70.1 Å². The normalized spacial score (nSPS) is 17.6. The number of aromatic nitrogens is 3. The molecule has 0 bridgehead atoms. The van der Waals surface area contributed by atoms with Crippen LogP contribution in [0.15, 0.2) is 47.1 Å². The highest BCUT2D eigenvalue weighted by Gasteiger charge is 2.24. The first-order valence-electron chi connectivity index (χ1n) is 12.0. The Labute approximate surface area is 204 Å². The van der Waals surface area contributed by atoms with Gasteiger partial charge in [0.05, 0.1) is 12.1 Å². The molecule has 4 heterocycles. The highest BCUT2D eigenvalue weighted by atomic mass is 35.5. The van der Waals surface area contributed by atoms with E-state index in [-0.39, 0.29) is 5.91 Å². The summed E-state index contributed by atoms with van der Waals surface area (Å²) in [5.74, 6) is 2.13. The van der Waals surface area contributed by atoms with E-state index >= 15 is 0 Å². The molecule has 34 heavy (non-hydrogen) atoms. The van der Waals surface area contributed by atoms with Crippen LogP contribution in [0, 0.1) is 0 Å². The van der Waals surface area contributed by atoms with E-state index < -0.39 is 0 Å². The third kappa shape index (κ3) is 5.39. The summed E-state index contributed by atoms with van der Waals surface area (Å²) in [7, 11) is 0. The van der Waals surface area contributed by atoms with E-state index in [4.69, 9.17) is 16.1 Å². The number of hydrogen-bond donors (Lipinski definition) is 0. The molecule has 8 nitrogen and oxygen atoms in total. The molecule has 2 aliphatic rings. The Morgan fingerprint density at radius 1 is 0.912 bits per heavy atom. The first kappa shape index (κ1) is 22.8. The summed E-state index contributed by atoms with van der Waals surface area (Å²) >= 11 is 5.95. The molecule has 3 aromatic rings. The molecule has 0 atom stereocenters. The number of amides is 1. The van der Waals surface area contributed by atoms with Gasteiger partial charge in [-0.3, -0.25) is 9.69 Å². The zero-order chi connectivity index (χ0) is 23.3. The molecule has 2 aliphatic heterocycles. The summed E-state index contributed by atoms with van der Waals surface area (Å²) in [6.45, 7) is 5.48. The lowest BCUT2D eigenvalue weighted by atomic mass is 10.2. The molecule has 0 radical (unpaired) electrons. The number of anilines is 1. The van der Waals surface area contributed by atoms with Crippen LogP contribution in [0.1, 0.15) is 41.9 Å². The Bertz CT molecular complexity index is 1090. The van der Waals surface area contributed by atoms with Gasteiger partial charge in [0, 0.05) is 56.1 Å². The van der Waals surface area contributed by atoms with E-state index in [0.29, 0.717) is 41.9 Å². The zero-order valence-corrected chi connectivity index (χ0v) is 20.0. The standard InChI is InChI=1S/C25H29ClN6O2/c26-21-8-5-19(6-9-21)24-28-23(34-29-24)18-30-13-15-32(16-14-30)25(33)20-7-10-22(27-17-20)31-11-3-1-2-4-12-31/h5-10,17H,1-4,11-16,18H2. The van der Waals surface area contributed by atoms with E-state index in [1.165, 1.54) is 25.7 Å². The SMILES string of the molecule is O=C(c1ccc(N2CCCCCC2)nc1)N1CCN(Cc2nc(-c3ccc(Cl)cc3)no2)CC1. The van der Waals surface area contributed by atoms with Gasteiger partial charge in [0.25, 0.3) is 5.91 Å². The van der Waals surface area contributed by atoms with Gasteiger partial charge in [-0.05, 0) is 49.2 Å². The van der Waals surface area contributed by atoms with Crippen LogP contribution in [-0.2, 0) is 6.54 Å². The van der Waals surface area contributed by atoms with Crippen molar-refractivity contribution in [1.29, 1.82) is 0 Å². The molecule has 5 rings (SSSR count). The van der Waals surface area contributed by atoms with Crippen LogP contribution >= 0.6 is 11.6 Å². The molecule has 1 aromatic carbocycles. The Morgan fingerprint density at radius 2 is 1.65 bits per heavy atom. The molecule has 2 aromatic heterocycles. The van der Waals surface area contributed by atoms with Crippen molar-refractivity contribution in [3.8, 4) is 11.4 Å². The van der Waals surface area contributed by atoms with E-state index in [1.807, 2.05) is 29.2 Å². The van der Waals surface area contributed by atoms with Gasteiger partial charge in [-0.25, -0.2) is 4.98 Å². The molecule has 0 unspecified atom stereocenters. The highest BCUT2D eigenvalue weighted by molar-refractivity contribution is 6.30. The Hall–Kier alpha value is -2.97. The first-order valence-corrected chi connectivity index (χ1v) is 12.3. The molecule has 9 heteroatoms. The Balaban J connectivity index is 1.13. The van der Waals surface area contributed by atoms with Gasteiger partial charge >= 0.3 is 0 Å². The average Bonchev–Trinajstić information content (AvgIpc) is 3.16. The summed E-state index contributed by atoms with van der Waals surface area (Å²) in [5, 5.41) is 4.75. The van der Waals surface area contributed by atoms with Crippen molar-refractivity contribution in [2.45, 2.75) is 32.2 Å².